The van der Waals surface area contributed by atoms with E-state index >= 15 is 0 Å². The second kappa shape index (κ2) is 12.8. The summed E-state index contributed by atoms with van der Waals surface area (Å²) in [5, 5.41) is 9.78. The Balaban J connectivity index is 1.46. The highest BCUT2D eigenvalue weighted by molar-refractivity contribution is 7.62. The van der Waals surface area contributed by atoms with Crippen molar-refractivity contribution in [3.05, 3.63) is 48.0 Å². The number of nitrogens with zero attached hydrogens (tertiary/aromatic N) is 2. The first-order chi connectivity index (χ1) is 17.9. The molecule has 1 N–H and O–H groups in total. The van der Waals surface area contributed by atoms with Crippen molar-refractivity contribution in [3.8, 4) is 5.75 Å². The molecule has 0 bridgehead atoms. The van der Waals surface area contributed by atoms with Gasteiger partial charge in [0.1, 0.15) is 11.9 Å². The average molecular weight is 531 g/mol. The second-order valence-corrected chi connectivity index (χ2v) is 11.7. The van der Waals surface area contributed by atoms with Gasteiger partial charge >= 0.3 is 13.7 Å². The molecule has 2 aliphatic heterocycles. The summed E-state index contributed by atoms with van der Waals surface area (Å²) in [4.78, 5) is 14.9. The molecule has 8 nitrogen and oxygen atoms in total. The molecular formula is C28H39N2O6P. The van der Waals surface area contributed by atoms with E-state index in [2.05, 4.69) is 24.8 Å². The molecule has 4 rings (SSSR count). The van der Waals surface area contributed by atoms with Crippen LogP contribution in [0.1, 0.15) is 57.9 Å². The van der Waals surface area contributed by atoms with E-state index in [1.165, 1.54) is 10.5 Å². The molecule has 9 heteroatoms. The van der Waals surface area contributed by atoms with Gasteiger partial charge in [-0.25, -0.2) is 4.79 Å². The van der Waals surface area contributed by atoms with E-state index in [1.807, 2.05) is 36.4 Å². The highest BCUT2D eigenvalue weighted by Gasteiger charge is 2.30. The largest absolute Gasteiger partial charge is 0.490 e. The number of hydrogen-bond donors (Lipinski definition) is 1. The van der Waals surface area contributed by atoms with Gasteiger partial charge in [-0.15, -0.1) is 0 Å². The number of likely N-dealkylation sites (tertiary alicyclic amines) is 1. The summed E-state index contributed by atoms with van der Waals surface area (Å²) < 4.78 is 31.5. The van der Waals surface area contributed by atoms with Crippen LogP contribution < -0.4 is 14.9 Å². The molecule has 0 saturated carbocycles. The molecule has 2 aromatic rings. The molecule has 37 heavy (non-hydrogen) atoms. The summed E-state index contributed by atoms with van der Waals surface area (Å²) >= 11 is 0. The Morgan fingerprint density at radius 2 is 1.62 bits per heavy atom. The fourth-order valence-corrected chi connectivity index (χ4v) is 6.41. The number of anilines is 2. The van der Waals surface area contributed by atoms with E-state index < -0.39 is 13.7 Å². The Bertz CT molecular complexity index is 1070. The van der Waals surface area contributed by atoms with Gasteiger partial charge in [0, 0.05) is 49.4 Å². The number of rotatable bonds is 12. The summed E-state index contributed by atoms with van der Waals surface area (Å²) in [5.41, 5.74) is 3.29. The third kappa shape index (κ3) is 6.67. The molecule has 202 valence electrons. The summed E-state index contributed by atoms with van der Waals surface area (Å²) in [6.45, 7) is 6.81. The van der Waals surface area contributed by atoms with E-state index in [9.17, 15) is 14.5 Å². The number of carboxylic acid groups (broad SMARTS) is 1. The van der Waals surface area contributed by atoms with Crippen LogP contribution in [0.3, 0.4) is 0 Å². The predicted octanol–water partition coefficient (Wildman–Crippen LogP) is 6.35. The van der Waals surface area contributed by atoms with E-state index in [1.54, 1.807) is 0 Å². The average Bonchev–Trinajstić information content (AvgIpc) is 3.35. The van der Waals surface area contributed by atoms with Crippen molar-refractivity contribution in [3.63, 3.8) is 0 Å². The summed E-state index contributed by atoms with van der Waals surface area (Å²) in [6.07, 6.45) is 5.02. The van der Waals surface area contributed by atoms with Crippen LogP contribution in [0, 0.1) is 0 Å². The summed E-state index contributed by atoms with van der Waals surface area (Å²) in [5.74, 6) is 0.878. The fraction of sp³-hybridized carbons (Fsp3) is 0.536. The molecule has 1 fully saturated rings. The maximum absolute atomic E-state index is 13.6. The first-order valence-electron chi connectivity index (χ1n) is 13.5. The van der Waals surface area contributed by atoms with Crippen LogP contribution in [0.2, 0.25) is 0 Å². The van der Waals surface area contributed by atoms with Crippen molar-refractivity contribution < 1.29 is 28.3 Å². The molecule has 1 amide bonds. The second-order valence-electron chi connectivity index (χ2n) is 9.63. The molecule has 0 aromatic heterocycles. The summed E-state index contributed by atoms with van der Waals surface area (Å²) in [6, 6.07) is 13.8. The Morgan fingerprint density at radius 3 is 2.22 bits per heavy atom. The van der Waals surface area contributed by atoms with Crippen molar-refractivity contribution in [1.82, 2.24) is 4.90 Å². The smallest absolute Gasteiger partial charge is 0.407 e. The van der Waals surface area contributed by atoms with Gasteiger partial charge < -0.3 is 28.7 Å². The highest BCUT2D eigenvalue weighted by atomic mass is 31.2. The predicted molar refractivity (Wildman–Crippen MR) is 146 cm³/mol. The van der Waals surface area contributed by atoms with E-state index in [4.69, 9.17) is 13.8 Å². The van der Waals surface area contributed by atoms with E-state index in [-0.39, 0.29) is 6.10 Å². The number of hydrogen-bond acceptors (Lipinski definition) is 6. The highest BCUT2D eigenvalue weighted by Crippen LogP contribution is 2.48. The number of benzene rings is 2. The molecule has 0 atom stereocenters. The molecule has 2 aromatic carbocycles. The number of piperidine rings is 1. The van der Waals surface area contributed by atoms with Crippen LogP contribution in [0.4, 0.5) is 16.2 Å². The monoisotopic (exact) mass is 530 g/mol. The lowest BCUT2D eigenvalue weighted by Gasteiger charge is -2.30. The molecule has 0 aliphatic carbocycles. The van der Waals surface area contributed by atoms with Crippen molar-refractivity contribution in [2.45, 2.75) is 64.9 Å². The SMILES string of the molecule is CCCCOP(=O)(OCCCC)c1ccc(N2CCc3c(OC4CCN(C(=O)O)CC4)cccc32)cc1. The van der Waals surface area contributed by atoms with Gasteiger partial charge in [-0.2, -0.15) is 0 Å². The van der Waals surface area contributed by atoms with Crippen LogP contribution in [0.25, 0.3) is 0 Å². The minimum atomic E-state index is -3.37. The van der Waals surface area contributed by atoms with Crippen LogP contribution in [0.5, 0.6) is 5.75 Å². The Hall–Kier alpha value is -2.54. The minimum absolute atomic E-state index is 0.0185. The molecule has 0 radical (unpaired) electrons. The normalized spacial score (nSPS) is 16.2. The summed E-state index contributed by atoms with van der Waals surface area (Å²) in [7, 11) is -3.37. The van der Waals surface area contributed by atoms with Crippen LogP contribution >= 0.6 is 7.60 Å². The van der Waals surface area contributed by atoms with Gasteiger partial charge in [0.25, 0.3) is 0 Å². The zero-order valence-corrected chi connectivity index (χ0v) is 22.8. The van der Waals surface area contributed by atoms with Gasteiger partial charge in [0.05, 0.1) is 18.5 Å². The molecule has 0 spiro atoms. The first-order valence-corrected chi connectivity index (χ1v) is 15.0. The quantitative estimate of drug-likeness (QED) is 0.253. The zero-order chi connectivity index (χ0) is 26.3. The third-order valence-corrected chi connectivity index (χ3v) is 8.96. The lowest BCUT2D eigenvalue weighted by atomic mass is 10.1. The van der Waals surface area contributed by atoms with Gasteiger partial charge in [0.15, 0.2) is 0 Å². The van der Waals surface area contributed by atoms with Crippen LogP contribution in [0.15, 0.2) is 42.5 Å². The lowest BCUT2D eigenvalue weighted by molar-refractivity contribution is 0.0890. The standard InChI is InChI=1S/C28H39N2O6P/c1-3-5-20-34-37(33,35-21-6-4-2)24-12-10-22(11-13-24)30-19-16-25-26(30)8-7-9-27(25)36-23-14-17-29(18-15-23)28(31)32/h7-13,23H,3-6,14-21H2,1-2H3,(H,31,32). The lowest BCUT2D eigenvalue weighted by Crippen LogP contribution is -2.41. The number of unbranched alkanes of at least 4 members (excludes halogenated alkanes) is 2. The Kier molecular flexibility index (Phi) is 9.52. The molecule has 2 aliphatic rings. The van der Waals surface area contributed by atoms with E-state index in [0.717, 1.165) is 55.8 Å². The van der Waals surface area contributed by atoms with Crippen LogP contribution in [-0.2, 0) is 20.0 Å². The molecular weight excluding hydrogens is 491 g/mol. The minimum Gasteiger partial charge on any atom is -0.490 e. The van der Waals surface area contributed by atoms with Crippen molar-refractivity contribution in [1.29, 1.82) is 0 Å². The Morgan fingerprint density at radius 1 is 0.973 bits per heavy atom. The van der Waals surface area contributed by atoms with Gasteiger partial charge in [-0.05, 0) is 55.7 Å². The van der Waals surface area contributed by atoms with Crippen molar-refractivity contribution in [2.24, 2.45) is 0 Å². The first kappa shape index (κ1) is 27.5. The van der Waals surface area contributed by atoms with Gasteiger partial charge in [0.2, 0.25) is 0 Å². The number of fused-ring (bicyclic) bond motifs is 1. The van der Waals surface area contributed by atoms with Gasteiger partial charge in [-0.1, -0.05) is 32.8 Å². The number of amides is 1. The third-order valence-electron chi connectivity index (χ3n) is 6.99. The van der Waals surface area contributed by atoms with Crippen molar-refractivity contribution in [2.75, 3.05) is 37.7 Å². The Labute approximate surface area is 220 Å². The van der Waals surface area contributed by atoms with Gasteiger partial charge in [-0.3, -0.25) is 4.57 Å². The maximum Gasteiger partial charge on any atom is 0.407 e. The topological polar surface area (TPSA) is 88.5 Å². The van der Waals surface area contributed by atoms with Crippen molar-refractivity contribution >= 4 is 30.4 Å². The number of carbonyl (C=O) groups is 1. The van der Waals surface area contributed by atoms with E-state index in [0.29, 0.717) is 44.4 Å². The molecule has 1 saturated heterocycles. The maximum atomic E-state index is 13.6. The fourth-order valence-electron chi connectivity index (χ4n) is 4.78. The number of ether oxygens (including phenoxy) is 1. The molecule has 2 heterocycles. The van der Waals surface area contributed by atoms with Crippen LogP contribution in [-0.4, -0.2) is 55.1 Å². The zero-order valence-electron chi connectivity index (χ0n) is 21.9. The molecule has 0 unspecified atom stereocenters.